The summed E-state index contributed by atoms with van der Waals surface area (Å²) in [5.74, 6) is 2.62. The maximum atomic E-state index is 15.0. The fraction of sp³-hybridized carbons (Fsp3) is 0.704. The molecule has 0 spiro atoms. The minimum absolute atomic E-state index is 0.155. The summed E-state index contributed by atoms with van der Waals surface area (Å²) >= 11 is 0. The van der Waals surface area contributed by atoms with Gasteiger partial charge in [0.05, 0.1) is 12.2 Å². The van der Waals surface area contributed by atoms with E-state index in [0.717, 1.165) is 49.2 Å². The Morgan fingerprint density at radius 1 is 1.21 bits per heavy atom. The molecule has 2 saturated carbocycles. The highest BCUT2D eigenvalue weighted by Gasteiger charge is 2.41. The monoisotopic (exact) mass is 461 g/mol. The highest BCUT2D eigenvalue weighted by molar-refractivity contribution is 5.95. The molecule has 0 aromatic heterocycles. The molecule has 1 heterocycles. The van der Waals surface area contributed by atoms with Gasteiger partial charge in [-0.05, 0) is 80.2 Å². The first-order valence-electron chi connectivity index (χ1n) is 12.5. The summed E-state index contributed by atoms with van der Waals surface area (Å²) in [6.45, 7) is 10.7. The van der Waals surface area contributed by atoms with E-state index in [1.165, 1.54) is 38.2 Å². The van der Waals surface area contributed by atoms with Gasteiger partial charge in [-0.15, -0.1) is 0 Å². The minimum atomic E-state index is -0.453. The highest BCUT2D eigenvalue weighted by Crippen LogP contribution is 2.50. The Kier molecular flexibility index (Phi) is 8.41. The Bertz CT molecular complexity index is 816. The van der Waals surface area contributed by atoms with Crippen molar-refractivity contribution in [3.8, 4) is 5.75 Å². The van der Waals surface area contributed by atoms with Crippen LogP contribution in [0.3, 0.4) is 0 Å². The van der Waals surface area contributed by atoms with E-state index in [-0.39, 0.29) is 29.3 Å². The van der Waals surface area contributed by atoms with Crippen LogP contribution in [-0.2, 0) is 4.79 Å². The molecule has 33 heavy (non-hydrogen) atoms. The van der Waals surface area contributed by atoms with Gasteiger partial charge in [0.1, 0.15) is 11.6 Å². The summed E-state index contributed by atoms with van der Waals surface area (Å²) in [4.78, 5) is 22.9. The van der Waals surface area contributed by atoms with Crippen molar-refractivity contribution >= 4 is 12.4 Å². The van der Waals surface area contributed by atoms with Crippen LogP contribution in [0.15, 0.2) is 12.1 Å². The zero-order valence-electron chi connectivity index (χ0n) is 20.6. The van der Waals surface area contributed by atoms with Crippen molar-refractivity contribution in [2.75, 3.05) is 19.7 Å². The molecule has 3 fully saturated rings. The molecule has 1 N–H and O–H groups in total. The highest BCUT2D eigenvalue weighted by atomic mass is 19.1. The van der Waals surface area contributed by atoms with Crippen LogP contribution in [0.1, 0.15) is 94.5 Å². The second kappa shape index (κ2) is 10.9. The van der Waals surface area contributed by atoms with Gasteiger partial charge in [-0.3, -0.25) is 9.59 Å². The zero-order valence-corrected chi connectivity index (χ0v) is 20.6. The second-order valence-electron chi connectivity index (χ2n) is 11.2. The standard InChI is InChI=1S/C26H38FNO2.CH2O2/c1-17(2)21-12-22(25(29)28-7-5-6-8-28)23(27)13-24(21)30-16-26(4)14-19-9-18(3)10-20(11-19)15-26;2-1-3/h12-13,17-20H,5-11,14-16H2,1-4H3;1H,(H,2,3). The lowest BCUT2D eigenvalue weighted by atomic mass is 9.60. The van der Waals surface area contributed by atoms with Crippen molar-refractivity contribution in [1.82, 2.24) is 4.90 Å². The van der Waals surface area contributed by atoms with E-state index < -0.39 is 5.82 Å². The lowest BCUT2D eigenvalue weighted by Crippen LogP contribution is -2.39. The maximum absolute atomic E-state index is 15.0. The number of rotatable bonds is 5. The third-order valence-electron chi connectivity index (χ3n) is 7.62. The number of carbonyl (C=O) groups is 2. The van der Waals surface area contributed by atoms with E-state index in [9.17, 15) is 9.18 Å². The number of carboxylic acid groups (broad SMARTS) is 1. The van der Waals surface area contributed by atoms with Crippen LogP contribution < -0.4 is 4.74 Å². The second-order valence-corrected chi connectivity index (χ2v) is 11.2. The molecule has 184 valence electrons. The largest absolute Gasteiger partial charge is 0.493 e. The molecule has 6 heteroatoms. The number of fused-ring (bicyclic) bond motifs is 2. The third-order valence-corrected chi connectivity index (χ3v) is 7.62. The Morgan fingerprint density at radius 2 is 1.79 bits per heavy atom. The van der Waals surface area contributed by atoms with Gasteiger partial charge in [-0.1, -0.05) is 27.7 Å². The Balaban J connectivity index is 0.000000968. The van der Waals surface area contributed by atoms with E-state index in [1.807, 2.05) is 0 Å². The molecule has 3 aliphatic rings. The van der Waals surface area contributed by atoms with Crippen LogP contribution in [0.2, 0.25) is 0 Å². The number of halogens is 1. The van der Waals surface area contributed by atoms with Gasteiger partial charge in [0.2, 0.25) is 0 Å². The first-order chi connectivity index (χ1) is 15.7. The number of benzene rings is 1. The first-order valence-corrected chi connectivity index (χ1v) is 12.5. The van der Waals surface area contributed by atoms with Crippen molar-refractivity contribution in [3.63, 3.8) is 0 Å². The van der Waals surface area contributed by atoms with Gasteiger partial charge >= 0.3 is 0 Å². The van der Waals surface area contributed by atoms with Crippen LogP contribution in [0, 0.1) is 29.0 Å². The van der Waals surface area contributed by atoms with Gasteiger partial charge in [0.15, 0.2) is 0 Å². The Morgan fingerprint density at radius 3 is 2.33 bits per heavy atom. The van der Waals surface area contributed by atoms with Gasteiger partial charge in [-0.25, -0.2) is 4.39 Å². The smallest absolute Gasteiger partial charge is 0.290 e. The molecular weight excluding hydrogens is 421 g/mol. The van der Waals surface area contributed by atoms with Crippen LogP contribution in [0.25, 0.3) is 0 Å². The first kappa shape index (κ1) is 25.5. The van der Waals surface area contributed by atoms with E-state index in [4.69, 9.17) is 14.6 Å². The fourth-order valence-electron chi connectivity index (χ4n) is 6.48. The average Bonchev–Trinajstić information content (AvgIpc) is 3.26. The number of likely N-dealkylation sites (tertiary alicyclic amines) is 1. The SMILES string of the molecule is CC1CC2CC(C1)CC(C)(COc1cc(F)c(C(=O)N3CCCC3)cc1C(C)C)C2.O=CO. The third kappa shape index (κ3) is 6.27. The molecule has 1 saturated heterocycles. The molecule has 2 atom stereocenters. The fourth-order valence-corrected chi connectivity index (χ4v) is 6.48. The topological polar surface area (TPSA) is 66.8 Å². The molecule has 2 unspecified atom stereocenters. The number of nitrogens with zero attached hydrogens (tertiary/aromatic N) is 1. The van der Waals surface area contributed by atoms with Crippen molar-refractivity contribution in [1.29, 1.82) is 0 Å². The van der Waals surface area contributed by atoms with Crippen molar-refractivity contribution < 1.29 is 23.8 Å². The molecule has 2 aliphatic carbocycles. The van der Waals surface area contributed by atoms with E-state index in [0.29, 0.717) is 12.4 Å². The van der Waals surface area contributed by atoms with Crippen LogP contribution in [0.5, 0.6) is 5.75 Å². The van der Waals surface area contributed by atoms with Crippen LogP contribution >= 0.6 is 0 Å². The zero-order chi connectivity index (χ0) is 24.2. The predicted octanol–water partition coefficient (Wildman–Crippen LogP) is 6.12. The molecule has 1 aromatic rings. The predicted molar refractivity (Wildman–Crippen MR) is 127 cm³/mol. The average molecular weight is 462 g/mol. The number of carbonyl (C=O) groups excluding carboxylic acids is 1. The summed E-state index contributed by atoms with van der Waals surface area (Å²) < 4.78 is 21.3. The molecule has 1 amide bonds. The summed E-state index contributed by atoms with van der Waals surface area (Å²) in [7, 11) is 0. The molecule has 2 bridgehead atoms. The normalized spacial score (nSPS) is 28.8. The lowest BCUT2D eigenvalue weighted by Gasteiger charge is -2.47. The van der Waals surface area contributed by atoms with Gasteiger partial charge in [0, 0.05) is 24.6 Å². The quantitative estimate of drug-likeness (QED) is 0.537. The minimum Gasteiger partial charge on any atom is -0.493 e. The number of hydrogen-bond donors (Lipinski definition) is 1. The molecule has 0 radical (unpaired) electrons. The summed E-state index contributed by atoms with van der Waals surface area (Å²) in [5.41, 5.74) is 1.29. The maximum Gasteiger partial charge on any atom is 0.290 e. The summed E-state index contributed by atoms with van der Waals surface area (Å²) in [6.07, 6.45) is 8.48. The van der Waals surface area contributed by atoms with Crippen LogP contribution in [0.4, 0.5) is 4.39 Å². The van der Waals surface area contributed by atoms with E-state index >= 15 is 0 Å². The molecule has 1 aromatic carbocycles. The molecule has 1 aliphatic heterocycles. The number of hydrogen-bond acceptors (Lipinski definition) is 3. The number of ether oxygens (including phenoxy) is 1. The van der Waals surface area contributed by atoms with Gasteiger partial charge in [-0.2, -0.15) is 0 Å². The van der Waals surface area contributed by atoms with Crippen molar-refractivity contribution in [2.45, 2.75) is 78.6 Å². The van der Waals surface area contributed by atoms with Crippen molar-refractivity contribution in [3.05, 3.63) is 29.1 Å². The molecule has 5 nitrogen and oxygen atoms in total. The lowest BCUT2D eigenvalue weighted by molar-refractivity contribution is -0.122. The summed E-state index contributed by atoms with van der Waals surface area (Å²) in [6, 6.07) is 3.21. The van der Waals surface area contributed by atoms with Gasteiger partial charge in [0.25, 0.3) is 12.4 Å². The van der Waals surface area contributed by atoms with E-state index in [1.54, 1.807) is 11.0 Å². The van der Waals surface area contributed by atoms with Crippen molar-refractivity contribution in [2.24, 2.45) is 23.2 Å². The van der Waals surface area contributed by atoms with Crippen LogP contribution in [-0.4, -0.2) is 42.1 Å². The molecule has 4 rings (SSSR count). The van der Waals surface area contributed by atoms with E-state index in [2.05, 4.69) is 27.7 Å². The van der Waals surface area contributed by atoms with Gasteiger partial charge < -0.3 is 14.7 Å². The number of amides is 1. The Hall–Kier alpha value is -2.11. The molecular formula is C27H40FNO4. The summed E-state index contributed by atoms with van der Waals surface area (Å²) in [5, 5.41) is 6.89. The Labute approximate surface area is 197 Å².